The number of hydrogen-bond donors (Lipinski definition) is 1. The third-order valence-corrected chi connectivity index (χ3v) is 4.30. The molecule has 1 amide bonds. The van der Waals surface area contributed by atoms with Crippen molar-refractivity contribution in [1.82, 2.24) is 5.32 Å². The Hall–Kier alpha value is -2.29. The lowest BCUT2D eigenvalue weighted by molar-refractivity contribution is -0.124. The van der Waals surface area contributed by atoms with Gasteiger partial charge in [0.15, 0.2) is 6.61 Å². The second-order valence-corrected chi connectivity index (χ2v) is 8.20. The van der Waals surface area contributed by atoms with Gasteiger partial charge in [0.05, 0.1) is 6.04 Å². The van der Waals surface area contributed by atoms with Gasteiger partial charge in [0.25, 0.3) is 5.91 Å². The van der Waals surface area contributed by atoms with Gasteiger partial charge in [-0.25, -0.2) is 0 Å². The molecule has 2 aromatic carbocycles. The highest BCUT2D eigenvalue weighted by molar-refractivity contribution is 5.78. The summed E-state index contributed by atoms with van der Waals surface area (Å²) in [6, 6.07) is 18.0. The van der Waals surface area contributed by atoms with E-state index in [0.717, 1.165) is 23.3 Å². The Morgan fingerprint density at radius 3 is 2.23 bits per heavy atom. The third-order valence-electron chi connectivity index (χ3n) is 4.30. The van der Waals surface area contributed by atoms with Crippen LogP contribution in [0, 0.1) is 5.92 Å². The smallest absolute Gasteiger partial charge is 0.258 e. The molecule has 1 atom stereocenters. The van der Waals surface area contributed by atoms with Crippen LogP contribution in [0.25, 0.3) is 0 Å². The fraction of sp³-hybridized carbons (Fsp3) is 0.435. The van der Waals surface area contributed by atoms with Crippen molar-refractivity contribution in [2.75, 3.05) is 6.61 Å². The molecule has 3 heteroatoms. The summed E-state index contributed by atoms with van der Waals surface area (Å²) in [5.41, 5.74) is 2.20. The largest absolute Gasteiger partial charge is 0.483 e. The fourth-order valence-electron chi connectivity index (χ4n) is 3.03. The molecular formula is C23H31NO2. The van der Waals surface area contributed by atoms with Gasteiger partial charge in [-0.3, -0.25) is 4.79 Å². The highest BCUT2D eigenvalue weighted by Gasteiger charge is 2.20. The number of rotatable bonds is 7. The van der Waals surface area contributed by atoms with Crippen LogP contribution in [-0.2, 0) is 10.2 Å². The predicted molar refractivity (Wildman–Crippen MR) is 107 cm³/mol. The Morgan fingerprint density at radius 1 is 1.00 bits per heavy atom. The minimum absolute atomic E-state index is 0.00478. The molecule has 26 heavy (non-hydrogen) atoms. The molecule has 1 N–H and O–H groups in total. The van der Waals surface area contributed by atoms with Crippen molar-refractivity contribution in [2.24, 2.45) is 5.92 Å². The molecule has 0 fully saturated rings. The average molecular weight is 354 g/mol. The normalized spacial score (nSPS) is 12.7. The number of benzene rings is 2. The maximum atomic E-state index is 12.5. The van der Waals surface area contributed by atoms with Crippen LogP contribution in [0.5, 0.6) is 5.75 Å². The molecule has 0 saturated heterocycles. The zero-order chi connectivity index (χ0) is 19.2. The van der Waals surface area contributed by atoms with E-state index in [-0.39, 0.29) is 24.0 Å². The molecule has 0 bridgehead atoms. The first-order valence-corrected chi connectivity index (χ1v) is 9.34. The first kappa shape index (κ1) is 20.0. The number of para-hydroxylation sites is 1. The van der Waals surface area contributed by atoms with Crippen LogP contribution in [0.15, 0.2) is 54.6 Å². The van der Waals surface area contributed by atoms with Crippen molar-refractivity contribution in [1.29, 1.82) is 0 Å². The first-order valence-electron chi connectivity index (χ1n) is 9.34. The minimum Gasteiger partial charge on any atom is -0.483 e. The second kappa shape index (κ2) is 8.88. The third kappa shape index (κ3) is 5.91. The summed E-state index contributed by atoms with van der Waals surface area (Å²) in [6.45, 7) is 10.8. The summed E-state index contributed by atoms with van der Waals surface area (Å²) in [5, 5.41) is 3.13. The van der Waals surface area contributed by atoms with Crippen molar-refractivity contribution in [2.45, 2.75) is 52.5 Å². The van der Waals surface area contributed by atoms with Crippen LogP contribution in [0.2, 0.25) is 0 Å². The first-order chi connectivity index (χ1) is 12.3. The summed E-state index contributed by atoms with van der Waals surface area (Å²) in [7, 11) is 0. The summed E-state index contributed by atoms with van der Waals surface area (Å²) in [6.07, 6.45) is 0.897. The topological polar surface area (TPSA) is 38.3 Å². The molecule has 0 saturated carbocycles. The molecule has 2 aromatic rings. The second-order valence-electron chi connectivity index (χ2n) is 8.20. The van der Waals surface area contributed by atoms with Gasteiger partial charge < -0.3 is 10.1 Å². The fourth-order valence-corrected chi connectivity index (χ4v) is 3.03. The van der Waals surface area contributed by atoms with Crippen molar-refractivity contribution in [3.63, 3.8) is 0 Å². The van der Waals surface area contributed by atoms with E-state index in [4.69, 9.17) is 4.74 Å². The molecule has 0 aliphatic rings. The zero-order valence-electron chi connectivity index (χ0n) is 16.6. The molecule has 0 radical (unpaired) electrons. The van der Waals surface area contributed by atoms with Crippen molar-refractivity contribution in [3.05, 3.63) is 65.7 Å². The maximum Gasteiger partial charge on any atom is 0.258 e. The molecule has 0 aliphatic heterocycles. The van der Waals surface area contributed by atoms with Crippen molar-refractivity contribution >= 4 is 5.91 Å². The monoisotopic (exact) mass is 353 g/mol. The molecule has 2 rings (SSSR count). The molecule has 0 spiro atoms. The van der Waals surface area contributed by atoms with E-state index < -0.39 is 0 Å². The Bertz CT molecular complexity index is 702. The summed E-state index contributed by atoms with van der Waals surface area (Å²) < 4.78 is 5.86. The van der Waals surface area contributed by atoms with E-state index >= 15 is 0 Å². The standard InChI is InChI=1S/C23H31NO2/c1-17(2)15-20(18-11-7-6-8-12-18)24-22(25)16-26-21-14-10-9-13-19(21)23(3,4)5/h6-14,17,20H,15-16H2,1-5H3,(H,24,25). The Labute approximate surface area is 157 Å². The van der Waals surface area contributed by atoms with E-state index in [2.05, 4.69) is 58.1 Å². The Balaban J connectivity index is 2.03. The quantitative estimate of drug-likeness (QED) is 0.737. The van der Waals surface area contributed by atoms with Crippen LogP contribution in [0.3, 0.4) is 0 Å². The number of amides is 1. The van der Waals surface area contributed by atoms with Crippen LogP contribution < -0.4 is 10.1 Å². The maximum absolute atomic E-state index is 12.5. The van der Waals surface area contributed by atoms with Gasteiger partial charge in [-0.05, 0) is 34.9 Å². The van der Waals surface area contributed by atoms with Gasteiger partial charge in [-0.1, -0.05) is 83.1 Å². The van der Waals surface area contributed by atoms with Crippen LogP contribution in [0.4, 0.5) is 0 Å². The number of hydrogen-bond acceptors (Lipinski definition) is 2. The Kier molecular flexibility index (Phi) is 6.84. The van der Waals surface area contributed by atoms with E-state index in [0.29, 0.717) is 5.92 Å². The van der Waals surface area contributed by atoms with E-state index in [9.17, 15) is 4.79 Å². The SMILES string of the molecule is CC(C)CC(NC(=O)COc1ccccc1C(C)(C)C)c1ccccc1. The Morgan fingerprint density at radius 2 is 1.62 bits per heavy atom. The average Bonchev–Trinajstić information content (AvgIpc) is 2.59. The van der Waals surface area contributed by atoms with Crippen LogP contribution in [0.1, 0.15) is 58.2 Å². The van der Waals surface area contributed by atoms with Gasteiger partial charge in [0, 0.05) is 0 Å². The van der Waals surface area contributed by atoms with Gasteiger partial charge in [-0.15, -0.1) is 0 Å². The van der Waals surface area contributed by atoms with Crippen molar-refractivity contribution < 1.29 is 9.53 Å². The van der Waals surface area contributed by atoms with E-state index in [1.54, 1.807) is 0 Å². The molecule has 0 aliphatic carbocycles. The number of ether oxygens (including phenoxy) is 1. The lowest BCUT2D eigenvalue weighted by Gasteiger charge is -2.24. The van der Waals surface area contributed by atoms with Gasteiger partial charge in [0.1, 0.15) is 5.75 Å². The molecular weight excluding hydrogens is 322 g/mol. The van der Waals surface area contributed by atoms with Gasteiger partial charge in [0.2, 0.25) is 0 Å². The number of carbonyl (C=O) groups is 1. The summed E-state index contributed by atoms with van der Waals surface area (Å²) >= 11 is 0. The molecule has 0 aromatic heterocycles. The molecule has 0 heterocycles. The van der Waals surface area contributed by atoms with Gasteiger partial charge >= 0.3 is 0 Å². The predicted octanol–water partition coefficient (Wildman–Crippen LogP) is 5.27. The molecule has 3 nitrogen and oxygen atoms in total. The highest BCUT2D eigenvalue weighted by atomic mass is 16.5. The van der Waals surface area contributed by atoms with Gasteiger partial charge in [-0.2, -0.15) is 0 Å². The van der Waals surface area contributed by atoms with Crippen LogP contribution >= 0.6 is 0 Å². The zero-order valence-corrected chi connectivity index (χ0v) is 16.6. The molecule has 140 valence electrons. The lowest BCUT2D eigenvalue weighted by Crippen LogP contribution is -2.33. The minimum atomic E-state index is -0.0942. The summed E-state index contributed by atoms with van der Waals surface area (Å²) in [5.74, 6) is 1.17. The van der Waals surface area contributed by atoms with Crippen LogP contribution in [-0.4, -0.2) is 12.5 Å². The van der Waals surface area contributed by atoms with E-state index in [1.807, 2.05) is 36.4 Å². The number of carbonyl (C=O) groups excluding carboxylic acids is 1. The van der Waals surface area contributed by atoms with Crippen molar-refractivity contribution in [3.8, 4) is 5.75 Å². The lowest BCUT2D eigenvalue weighted by atomic mass is 9.86. The number of nitrogens with one attached hydrogen (secondary N) is 1. The van der Waals surface area contributed by atoms with E-state index in [1.165, 1.54) is 0 Å². The summed E-state index contributed by atoms with van der Waals surface area (Å²) in [4.78, 5) is 12.5. The highest BCUT2D eigenvalue weighted by Crippen LogP contribution is 2.31. The molecule has 1 unspecified atom stereocenters.